The number of nitrogens with zero attached hydrogens (tertiary/aromatic N) is 1. The van der Waals surface area contributed by atoms with Crippen LogP contribution in [0.4, 0.5) is 4.39 Å². The lowest BCUT2D eigenvalue weighted by molar-refractivity contribution is -0.132. The van der Waals surface area contributed by atoms with Gasteiger partial charge >= 0.3 is 0 Å². The van der Waals surface area contributed by atoms with Gasteiger partial charge in [-0.05, 0) is 55.8 Å². The lowest BCUT2D eigenvalue weighted by Gasteiger charge is -2.38. The molecule has 5 heteroatoms. The van der Waals surface area contributed by atoms with Gasteiger partial charge in [-0.25, -0.2) is 4.39 Å². The van der Waals surface area contributed by atoms with Crippen molar-refractivity contribution in [2.24, 2.45) is 5.41 Å². The summed E-state index contributed by atoms with van der Waals surface area (Å²) in [5, 5.41) is 2.92. The molecular formula is C18H25FN2O2. The highest BCUT2D eigenvalue weighted by Gasteiger charge is 2.42. The van der Waals surface area contributed by atoms with E-state index in [0.717, 1.165) is 50.9 Å². The number of likely N-dealkylation sites (tertiary alicyclic amines) is 1. The molecule has 0 aromatic heterocycles. The van der Waals surface area contributed by atoms with Crippen molar-refractivity contribution in [3.05, 3.63) is 35.6 Å². The summed E-state index contributed by atoms with van der Waals surface area (Å²) in [5.74, 6) is -0.0101. The molecule has 126 valence electrons. The number of piperidine rings is 1. The molecule has 1 amide bonds. The topological polar surface area (TPSA) is 41.6 Å². The minimum Gasteiger partial charge on any atom is -0.377 e. The minimum absolute atomic E-state index is 0.163. The number of hydrogen-bond donors (Lipinski definition) is 1. The van der Waals surface area contributed by atoms with E-state index in [1.807, 2.05) is 11.0 Å². The van der Waals surface area contributed by atoms with E-state index >= 15 is 0 Å². The number of halogens is 1. The summed E-state index contributed by atoms with van der Waals surface area (Å²) < 4.78 is 19.3. The number of benzene rings is 1. The molecule has 1 aromatic carbocycles. The minimum atomic E-state index is -0.188. The molecule has 2 fully saturated rings. The van der Waals surface area contributed by atoms with Crippen molar-refractivity contribution >= 4 is 5.91 Å². The van der Waals surface area contributed by atoms with Gasteiger partial charge in [-0.1, -0.05) is 12.1 Å². The Kier molecular flexibility index (Phi) is 4.97. The highest BCUT2D eigenvalue weighted by molar-refractivity contribution is 5.78. The van der Waals surface area contributed by atoms with Gasteiger partial charge in [0.1, 0.15) is 5.82 Å². The average Bonchev–Trinajstić information content (AvgIpc) is 2.91. The van der Waals surface area contributed by atoms with E-state index in [2.05, 4.69) is 5.32 Å². The number of hydrogen-bond acceptors (Lipinski definition) is 3. The van der Waals surface area contributed by atoms with Crippen LogP contribution >= 0.6 is 0 Å². The Morgan fingerprint density at radius 3 is 2.91 bits per heavy atom. The molecule has 0 aliphatic carbocycles. The maximum Gasteiger partial charge on any atom is 0.236 e. The number of carbonyl (C=O) groups is 1. The third-order valence-corrected chi connectivity index (χ3v) is 5.14. The normalized spacial score (nSPS) is 23.4. The second-order valence-electron chi connectivity index (χ2n) is 6.88. The molecule has 2 aliphatic heterocycles. The van der Waals surface area contributed by atoms with Gasteiger partial charge in [-0.15, -0.1) is 0 Å². The van der Waals surface area contributed by atoms with Crippen molar-refractivity contribution in [2.75, 3.05) is 33.3 Å². The average molecular weight is 320 g/mol. The second kappa shape index (κ2) is 6.97. The van der Waals surface area contributed by atoms with E-state index in [0.29, 0.717) is 6.54 Å². The molecule has 0 bridgehead atoms. The van der Waals surface area contributed by atoms with E-state index in [1.165, 1.54) is 6.07 Å². The smallest absolute Gasteiger partial charge is 0.236 e. The van der Waals surface area contributed by atoms with Gasteiger partial charge in [0, 0.05) is 13.1 Å². The van der Waals surface area contributed by atoms with Crippen LogP contribution in [0.5, 0.6) is 0 Å². The molecule has 2 saturated heterocycles. The quantitative estimate of drug-likeness (QED) is 0.922. The summed E-state index contributed by atoms with van der Waals surface area (Å²) in [7, 11) is 1.80. The maximum atomic E-state index is 13.3. The molecule has 2 aliphatic rings. The van der Waals surface area contributed by atoms with Crippen molar-refractivity contribution in [1.82, 2.24) is 10.2 Å². The fourth-order valence-corrected chi connectivity index (χ4v) is 3.80. The predicted octanol–water partition coefficient (Wildman–Crippen LogP) is 1.99. The van der Waals surface area contributed by atoms with Crippen LogP contribution in [-0.4, -0.2) is 50.2 Å². The standard InChI is InChI=1S/C18H25FN2O2/c1-20-12-17(22)21-7-5-18(6-8-21)11-16(23-13-18)10-14-3-2-4-15(19)9-14/h2-4,9,16,20H,5-8,10-13H2,1H3. The molecule has 4 nitrogen and oxygen atoms in total. The lowest BCUT2D eigenvalue weighted by atomic mass is 9.76. The van der Waals surface area contributed by atoms with E-state index in [1.54, 1.807) is 19.2 Å². The van der Waals surface area contributed by atoms with Crippen LogP contribution in [0.1, 0.15) is 24.8 Å². The Hall–Kier alpha value is -1.46. The van der Waals surface area contributed by atoms with E-state index < -0.39 is 0 Å². The highest BCUT2D eigenvalue weighted by atomic mass is 19.1. The van der Waals surface area contributed by atoms with Gasteiger partial charge in [0.05, 0.1) is 19.3 Å². The number of ether oxygens (including phenoxy) is 1. The first-order chi connectivity index (χ1) is 11.1. The van der Waals surface area contributed by atoms with E-state index in [4.69, 9.17) is 4.74 Å². The molecule has 23 heavy (non-hydrogen) atoms. The van der Waals surface area contributed by atoms with Gasteiger partial charge in [0.15, 0.2) is 0 Å². The van der Waals surface area contributed by atoms with Crippen molar-refractivity contribution < 1.29 is 13.9 Å². The summed E-state index contributed by atoms with van der Waals surface area (Å²) in [4.78, 5) is 13.9. The zero-order valence-corrected chi connectivity index (χ0v) is 13.7. The Morgan fingerprint density at radius 1 is 1.43 bits per heavy atom. The summed E-state index contributed by atoms with van der Waals surface area (Å²) in [6.45, 7) is 2.81. The van der Waals surface area contributed by atoms with Gasteiger partial charge in [0.2, 0.25) is 5.91 Å². The Balaban J connectivity index is 1.53. The number of nitrogens with one attached hydrogen (secondary N) is 1. The molecule has 0 radical (unpaired) electrons. The summed E-state index contributed by atoms with van der Waals surface area (Å²) in [6, 6.07) is 6.77. The van der Waals surface area contributed by atoms with E-state index in [9.17, 15) is 9.18 Å². The first-order valence-corrected chi connectivity index (χ1v) is 8.39. The van der Waals surface area contributed by atoms with Gasteiger partial charge in [0.25, 0.3) is 0 Å². The molecule has 3 rings (SSSR count). The summed E-state index contributed by atoms with van der Waals surface area (Å²) >= 11 is 0. The molecule has 1 spiro atoms. The van der Waals surface area contributed by atoms with Crippen LogP contribution in [0, 0.1) is 11.2 Å². The lowest BCUT2D eigenvalue weighted by Crippen LogP contribution is -2.46. The van der Waals surface area contributed by atoms with E-state index in [-0.39, 0.29) is 23.2 Å². The van der Waals surface area contributed by atoms with Crippen molar-refractivity contribution in [3.8, 4) is 0 Å². The fourth-order valence-electron chi connectivity index (χ4n) is 3.80. The van der Waals surface area contributed by atoms with Crippen LogP contribution in [-0.2, 0) is 16.0 Å². The third-order valence-electron chi connectivity index (χ3n) is 5.14. The number of amides is 1. The zero-order valence-electron chi connectivity index (χ0n) is 13.7. The predicted molar refractivity (Wildman–Crippen MR) is 86.6 cm³/mol. The Morgan fingerprint density at radius 2 is 2.22 bits per heavy atom. The Labute approximate surface area is 137 Å². The van der Waals surface area contributed by atoms with Gasteiger partial charge in [-0.3, -0.25) is 4.79 Å². The first-order valence-electron chi connectivity index (χ1n) is 8.39. The number of carbonyl (C=O) groups excluding carboxylic acids is 1. The Bertz CT molecular complexity index is 556. The van der Waals surface area contributed by atoms with Crippen LogP contribution in [0.3, 0.4) is 0 Å². The van der Waals surface area contributed by atoms with Crippen molar-refractivity contribution in [1.29, 1.82) is 0 Å². The van der Waals surface area contributed by atoms with Gasteiger partial charge in [-0.2, -0.15) is 0 Å². The molecule has 1 N–H and O–H groups in total. The molecule has 1 aromatic rings. The van der Waals surface area contributed by atoms with Crippen LogP contribution in [0.15, 0.2) is 24.3 Å². The molecule has 2 heterocycles. The number of likely N-dealkylation sites (N-methyl/N-ethyl adjacent to an activating group) is 1. The van der Waals surface area contributed by atoms with Crippen LogP contribution in [0.2, 0.25) is 0 Å². The molecule has 1 atom stereocenters. The summed E-state index contributed by atoms with van der Waals surface area (Å²) in [6.07, 6.45) is 3.94. The van der Waals surface area contributed by atoms with Crippen molar-refractivity contribution in [2.45, 2.75) is 31.8 Å². The largest absolute Gasteiger partial charge is 0.377 e. The second-order valence-corrected chi connectivity index (χ2v) is 6.88. The summed E-state index contributed by atoms with van der Waals surface area (Å²) in [5.41, 5.74) is 1.20. The van der Waals surface area contributed by atoms with Crippen LogP contribution < -0.4 is 5.32 Å². The monoisotopic (exact) mass is 320 g/mol. The maximum absolute atomic E-state index is 13.3. The molecule has 1 unspecified atom stereocenters. The zero-order chi connectivity index (χ0) is 16.3. The van der Waals surface area contributed by atoms with Gasteiger partial charge < -0.3 is 15.0 Å². The SMILES string of the molecule is CNCC(=O)N1CCC2(CC1)COC(Cc1cccc(F)c1)C2. The molecular weight excluding hydrogens is 295 g/mol. The fraction of sp³-hybridized carbons (Fsp3) is 0.611. The first kappa shape index (κ1) is 16.4. The van der Waals surface area contributed by atoms with Crippen molar-refractivity contribution in [3.63, 3.8) is 0 Å². The molecule has 0 saturated carbocycles. The highest BCUT2D eigenvalue weighted by Crippen LogP contribution is 2.42. The van der Waals surface area contributed by atoms with Crippen LogP contribution in [0.25, 0.3) is 0 Å². The number of rotatable bonds is 4. The third kappa shape index (κ3) is 3.90.